The topological polar surface area (TPSA) is 103 Å². The number of H-pyrrole nitrogens is 1. The number of benzene rings is 1. The van der Waals surface area contributed by atoms with Gasteiger partial charge in [0.15, 0.2) is 0 Å². The molecule has 1 N–H and O–H groups in total. The van der Waals surface area contributed by atoms with Gasteiger partial charge in [0.2, 0.25) is 5.91 Å². The van der Waals surface area contributed by atoms with Crippen molar-refractivity contribution in [1.82, 2.24) is 19.8 Å². The van der Waals surface area contributed by atoms with Gasteiger partial charge in [-0.15, -0.1) is 11.3 Å². The summed E-state index contributed by atoms with van der Waals surface area (Å²) in [7, 11) is 1.63. The van der Waals surface area contributed by atoms with Crippen LogP contribution in [-0.4, -0.2) is 51.1 Å². The smallest absolute Gasteiger partial charge is 0.268 e. The van der Waals surface area contributed by atoms with E-state index in [1.807, 2.05) is 6.92 Å². The summed E-state index contributed by atoms with van der Waals surface area (Å²) >= 11 is 1.32. The predicted octanol–water partition coefficient (Wildman–Crippen LogP) is 2.33. The number of aryl methyl sites for hydroxylation is 1. The molecule has 1 aromatic carbocycles. The van der Waals surface area contributed by atoms with Crippen LogP contribution in [0.15, 0.2) is 34.4 Å². The molecule has 3 heterocycles. The van der Waals surface area contributed by atoms with Crippen molar-refractivity contribution in [2.75, 3.05) is 13.6 Å². The Kier molecular flexibility index (Phi) is 5.21. The Hall–Kier alpha value is -3.33. The molecule has 1 aliphatic rings. The van der Waals surface area contributed by atoms with Crippen molar-refractivity contribution in [2.24, 2.45) is 0 Å². The number of aromatic nitrogens is 2. The van der Waals surface area contributed by atoms with Gasteiger partial charge < -0.3 is 9.88 Å². The number of aromatic amines is 1. The van der Waals surface area contributed by atoms with E-state index in [2.05, 4.69) is 9.97 Å². The lowest BCUT2D eigenvalue weighted by atomic mass is 10.1. The first-order valence-electron chi connectivity index (χ1n) is 9.52. The Balaban J connectivity index is 1.34. The highest BCUT2D eigenvalue weighted by Gasteiger charge is 2.35. The maximum absolute atomic E-state index is 12.5. The number of carbonyl (C=O) groups is 3. The van der Waals surface area contributed by atoms with Crippen LogP contribution >= 0.6 is 11.3 Å². The zero-order chi connectivity index (χ0) is 21.4. The van der Waals surface area contributed by atoms with Crippen LogP contribution < -0.4 is 5.56 Å². The van der Waals surface area contributed by atoms with Gasteiger partial charge >= 0.3 is 0 Å². The van der Waals surface area contributed by atoms with Crippen molar-refractivity contribution in [1.29, 1.82) is 0 Å². The van der Waals surface area contributed by atoms with Crippen molar-refractivity contribution in [3.8, 4) is 0 Å². The predicted molar refractivity (Wildman–Crippen MR) is 112 cm³/mol. The van der Waals surface area contributed by atoms with Gasteiger partial charge in [0.05, 0.1) is 23.2 Å². The fourth-order valence-corrected chi connectivity index (χ4v) is 4.22. The number of hydrogen-bond donors (Lipinski definition) is 1. The van der Waals surface area contributed by atoms with Gasteiger partial charge in [-0.3, -0.25) is 24.1 Å². The van der Waals surface area contributed by atoms with Crippen LogP contribution in [0.25, 0.3) is 10.2 Å². The molecule has 0 radical (unpaired) electrons. The zero-order valence-corrected chi connectivity index (χ0v) is 17.4. The highest BCUT2D eigenvalue weighted by atomic mass is 32.1. The first-order chi connectivity index (χ1) is 14.3. The van der Waals surface area contributed by atoms with Gasteiger partial charge in [-0.05, 0) is 36.9 Å². The van der Waals surface area contributed by atoms with E-state index in [9.17, 15) is 19.2 Å². The molecule has 0 saturated heterocycles. The van der Waals surface area contributed by atoms with E-state index in [-0.39, 0.29) is 42.8 Å². The lowest BCUT2D eigenvalue weighted by molar-refractivity contribution is -0.130. The first-order valence-corrected chi connectivity index (χ1v) is 10.4. The molecule has 3 aromatic rings. The standard InChI is InChI=1S/C21H20N4O4S/c1-12-5-6-13-14(10-12)21(29)25(20(13)28)8-3-4-17(26)24(2)11-16-22-15-7-9-30-18(15)19(27)23-16/h5-7,9-10H,3-4,8,11H2,1-2H3,(H,22,23,27). The summed E-state index contributed by atoms with van der Waals surface area (Å²) in [6, 6.07) is 6.95. The average molecular weight is 424 g/mol. The molecular weight excluding hydrogens is 404 g/mol. The second-order valence-corrected chi connectivity index (χ2v) is 8.23. The molecule has 2 aromatic heterocycles. The molecular formula is C21H20N4O4S. The van der Waals surface area contributed by atoms with Crippen molar-refractivity contribution >= 4 is 39.3 Å². The molecule has 8 nitrogen and oxygen atoms in total. The van der Waals surface area contributed by atoms with Crippen LogP contribution in [0, 0.1) is 6.92 Å². The number of imide groups is 1. The number of hydrogen-bond acceptors (Lipinski definition) is 6. The van der Waals surface area contributed by atoms with Crippen molar-refractivity contribution in [3.63, 3.8) is 0 Å². The van der Waals surface area contributed by atoms with Gasteiger partial charge in [-0.2, -0.15) is 0 Å². The van der Waals surface area contributed by atoms with Gasteiger partial charge in [-0.25, -0.2) is 4.98 Å². The molecule has 0 spiro atoms. The first kappa shape index (κ1) is 20.0. The number of carbonyl (C=O) groups excluding carboxylic acids is 3. The van der Waals surface area contributed by atoms with Gasteiger partial charge in [0.1, 0.15) is 10.5 Å². The van der Waals surface area contributed by atoms with E-state index in [0.29, 0.717) is 33.6 Å². The van der Waals surface area contributed by atoms with E-state index in [0.717, 1.165) is 5.56 Å². The molecule has 0 saturated carbocycles. The number of nitrogens with one attached hydrogen (secondary N) is 1. The third-order valence-electron chi connectivity index (χ3n) is 5.08. The van der Waals surface area contributed by atoms with Crippen LogP contribution in [-0.2, 0) is 11.3 Å². The van der Waals surface area contributed by atoms with Crippen molar-refractivity contribution in [2.45, 2.75) is 26.3 Å². The number of amides is 3. The molecule has 0 bridgehead atoms. The van der Waals surface area contributed by atoms with Crippen LogP contribution in [0.1, 0.15) is 44.9 Å². The van der Waals surface area contributed by atoms with Gasteiger partial charge in [-0.1, -0.05) is 11.6 Å². The normalized spacial score (nSPS) is 13.2. The van der Waals surface area contributed by atoms with Crippen molar-refractivity contribution in [3.05, 3.63) is 62.5 Å². The maximum Gasteiger partial charge on any atom is 0.268 e. The van der Waals surface area contributed by atoms with E-state index in [4.69, 9.17) is 0 Å². The Morgan fingerprint density at radius 3 is 2.73 bits per heavy atom. The molecule has 154 valence electrons. The highest BCUT2D eigenvalue weighted by molar-refractivity contribution is 7.17. The molecule has 4 rings (SSSR count). The molecule has 30 heavy (non-hydrogen) atoms. The monoisotopic (exact) mass is 424 g/mol. The van der Waals surface area contributed by atoms with Crippen LogP contribution in [0.5, 0.6) is 0 Å². The molecule has 9 heteroatoms. The average Bonchev–Trinajstić information content (AvgIpc) is 3.27. The van der Waals surface area contributed by atoms with E-state index in [1.165, 1.54) is 21.1 Å². The molecule has 0 aliphatic carbocycles. The SMILES string of the molecule is Cc1ccc2c(c1)C(=O)N(CCCC(=O)N(C)Cc1nc3ccsc3c(=O)[nH]1)C2=O. The fraction of sp³-hybridized carbons (Fsp3) is 0.286. The highest BCUT2D eigenvalue weighted by Crippen LogP contribution is 2.24. The quantitative estimate of drug-likeness (QED) is 0.612. The fourth-order valence-electron chi connectivity index (χ4n) is 3.50. The second kappa shape index (κ2) is 7.83. The third-order valence-corrected chi connectivity index (χ3v) is 5.98. The Morgan fingerprint density at radius 1 is 1.17 bits per heavy atom. The lowest BCUT2D eigenvalue weighted by Gasteiger charge is -2.18. The number of rotatable bonds is 6. The van der Waals surface area contributed by atoms with Gasteiger partial charge in [0.25, 0.3) is 17.4 Å². The van der Waals surface area contributed by atoms with E-state index < -0.39 is 0 Å². The number of fused-ring (bicyclic) bond motifs is 2. The lowest BCUT2D eigenvalue weighted by Crippen LogP contribution is -2.32. The van der Waals surface area contributed by atoms with Crippen LogP contribution in [0.2, 0.25) is 0 Å². The summed E-state index contributed by atoms with van der Waals surface area (Å²) in [5, 5.41) is 1.80. The van der Waals surface area contributed by atoms with Crippen LogP contribution in [0.3, 0.4) is 0 Å². The van der Waals surface area contributed by atoms with E-state index in [1.54, 1.807) is 36.7 Å². The maximum atomic E-state index is 12.5. The molecule has 1 aliphatic heterocycles. The third kappa shape index (κ3) is 3.63. The van der Waals surface area contributed by atoms with Crippen molar-refractivity contribution < 1.29 is 14.4 Å². The Morgan fingerprint density at radius 2 is 1.93 bits per heavy atom. The largest absolute Gasteiger partial charge is 0.338 e. The summed E-state index contributed by atoms with van der Waals surface area (Å²) < 4.78 is 0.559. The minimum absolute atomic E-state index is 0.157. The van der Waals surface area contributed by atoms with Gasteiger partial charge in [0, 0.05) is 20.0 Å². The number of thiophene rings is 1. The molecule has 0 unspecified atom stereocenters. The molecule has 0 fully saturated rings. The Labute approximate surface area is 176 Å². The molecule has 0 atom stereocenters. The summed E-state index contributed by atoms with van der Waals surface area (Å²) in [5.41, 5.74) is 2.14. The minimum atomic E-state index is -0.318. The second-order valence-electron chi connectivity index (χ2n) is 7.31. The Bertz CT molecular complexity index is 1230. The molecule has 3 amide bonds. The van der Waals surface area contributed by atoms with E-state index >= 15 is 0 Å². The summed E-state index contributed by atoms with van der Waals surface area (Å²) in [6.45, 7) is 2.22. The summed E-state index contributed by atoms with van der Waals surface area (Å²) in [4.78, 5) is 59.2. The summed E-state index contributed by atoms with van der Waals surface area (Å²) in [5.74, 6) is -0.375. The summed E-state index contributed by atoms with van der Waals surface area (Å²) in [6.07, 6.45) is 0.537. The minimum Gasteiger partial charge on any atom is -0.338 e. The number of nitrogens with zero attached hydrogens (tertiary/aromatic N) is 3. The zero-order valence-electron chi connectivity index (χ0n) is 16.6. The van der Waals surface area contributed by atoms with Crippen LogP contribution in [0.4, 0.5) is 0 Å².